The maximum atomic E-state index is 5.70. The fraction of sp³-hybridized carbons (Fsp3) is 0.455. The molecule has 1 aliphatic rings. The third-order valence-electron chi connectivity index (χ3n) is 2.22. The number of rotatable bonds is 1. The highest BCUT2D eigenvalue weighted by atomic mass is 32.2. The Morgan fingerprint density at radius 3 is 3.00 bits per heavy atom. The van der Waals surface area contributed by atoms with Gasteiger partial charge in [0.05, 0.1) is 6.61 Å². The molecule has 1 aromatic rings. The summed E-state index contributed by atoms with van der Waals surface area (Å²) < 4.78 is 5.70. The number of thioether (sulfide) groups is 1. The van der Waals surface area contributed by atoms with Crippen molar-refractivity contribution >= 4 is 11.8 Å². The van der Waals surface area contributed by atoms with Crippen LogP contribution in [0.5, 0.6) is 5.75 Å². The summed E-state index contributed by atoms with van der Waals surface area (Å²) in [5.41, 5.74) is 1.34. The van der Waals surface area contributed by atoms with Crippen molar-refractivity contribution in [2.45, 2.75) is 24.7 Å². The maximum absolute atomic E-state index is 5.70. The molecule has 1 heterocycles. The third-order valence-corrected chi connectivity index (χ3v) is 3.22. The quantitative estimate of drug-likeness (QED) is 0.678. The van der Waals surface area contributed by atoms with Gasteiger partial charge in [0.15, 0.2) is 0 Å². The summed E-state index contributed by atoms with van der Waals surface area (Å²) in [6.07, 6.45) is 0. The number of fused-ring (bicyclic) bond motifs is 1. The van der Waals surface area contributed by atoms with Gasteiger partial charge in [-0.1, -0.05) is 26.0 Å². The van der Waals surface area contributed by atoms with Crippen LogP contribution in [0.2, 0.25) is 0 Å². The lowest BCUT2D eigenvalue weighted by molar-refractivity contribution is 0.324. The summed E-state index contributed by atoms with van der Waals surface area (Å²) in [6.45, 7) is 5.26. The van der Waals surface area contributed by atoms with Gasteiger partial charge in [0.2, 0.25) is 0 Å². The van der Waals surface area contributed by atoms with E-state index < -0.39 is 0 Å². The molecule has 70 valence electrons. The topological polar surface area (TPSA) is 9.23 Å². The molecule has 0 bridgehead atoms. The van der Waals surface area contributed by atoms with E-state index in [9.17, 15) is 0 Å². The van der Waals surface area contributed by atoms with Gasteiger partial charge in [0.1, 0.15) is 5.75 Å². The van der Waals surface area contributed by atoms with Gasteiger partial charge >= 0.3 is 0 Å². The zero-order valence-corrected chi connectivity index (χ0v) is 8.86. The minimum Gasteiger partial charge on any atom is -0.491 e. The second kappa shape index (κ2) is 3.62. The van der Waals surface area contributed by atoms with E-state index in [-0.39, 0.29) is 0 Å². The zero-order valence-electron chi connectivity index (χ0n) is 8.04. The second-order valence-electron chi connectivity index (χ2n) is 3.53. The van der Waals surface area contributed by atoms with Gasteiger partial charge in [-0.05, 0) is 17.5 Å². The smallest absolute Gasteiger partial charge is 0.136 e. The standard InChI is InChI=1S/C11H14OS/c1-8(2)9-4-3-5-10-11(9)12-6-7-13-10/h3-5,8H,6-7H2,1-2H3. The molecule has 0 radical (unpaired) electrons. The van der Waals surface area contributed by atoms with Crippen molar-refractivity contribution in [3.05, 3.63) is 23.8 Å². The fourth-order valence-electron chi connectivity index (χ4n) is 1.55. The lowest BCUT2D eigenvalue weighted by Gasteiger charge is -2.21. The van der Waals surface area contributed by atoms with E-state index in [0.717, 1.165) is 18.1 Å². The minimum atomic E-state index is 0.550. The minimum absolute atomic E-state index is 0.550. The molecule has 1 aliphatic heterocycles. The van der Waals surface area contributed by atoms with Crippen molar-refractivity contribution in [1.82, 2.24) is 0 Å². The molecule has 0 spiro atoms. The highest BCUT2D eigenvalue weighted by Gasteiger charge is 2.15. The first kappa shape index (κ1) is 8.95. The molecule has 1 aromatic carbocycles. The molecule has 2 heteroatoms. The van der Waals surface area contributed by atoms with Gasteiger partial charge in [0, 0.05) is 10.6 Å². The van der Waals surface area contributed by atoms with E-state index >= 15 is 0 Å². The molecule has 0 saturated carbocycles. The highest BCUT2D eigenvalue weighted by molar-refractivity contribution is 7.99. The predicted octanol–water partition coefficient (Wildman–Crippen LogP) is 3.29. The van der Waals surface area contributed by atoms with Gasteiger partial charge in [-0.15, -0.1) is 11.8 Å². The average molecular weight is 194 g/mol. The Labute approximate surface area is 83.5 Å². The van der Waals surface area contributed by atoms with E-state index in [1.165, 1.54) is 10.5 Å². The maximum Gasteiger partial charge on any atom is 0.136 e. The first-order valence-electron chi connectivity index (χ1n) is 4.67. The molecule has 1 nitrogen and oxygen atoms in total. The molecule has 0 atom stereocenters. The molecule has 0 N–H and O–H groups in total. The van der Waals surface area contributed by atoms with Crippen LogP contribution in [0.4, 0.5) is 0 Å². The van der Waals surface area contributed by atoms with Crippen LogP contribution in [0.15, 0.2) is 23.1 Å². The van der Waals surface area contributed by atoms with E-state index in [1.54, 1.807) is 0 Å². The summed E-state index contributed by atoms with van der Waals surface area (Å²) in [7, 11) is 0. The van der Waals surface area contributed by atoms with E-state index in [1.807, 2.05) is 11.8 Å². The van der Waals surface area contributed by atoms with E-state index in [2.05, 4.69) is 32.0 Å². The largest absolute Gasteiger partial charge is 0.491 e. The Balaban J connectivity index is 2.46. The van der Waals surface area contributed by atoms with Crippen molar-refractivity contribution in [3.8, 4) is 5.75 Å². The van der Waals surface area contributed by atoms with Gasteiger partial charge in [-0.2, -0.15) is 0 Å². The van der Waals surface area contributed by atoms with Gasteiger partial charge in [-0.3, -0.25) is 0 Å². The van der Waals surface area contributed by atoms with E-state index in [4.69, 9.17) is 4.74 Å². The Bertz CT molecular complexity index is 307. The van der Waals surface area contributed by atoms with Crippen LogP contribution in [0, 0.1) is 0 Å². The third kappa shape index (κ3) is 1.68. The van der Waals surface area contributed by atoms with Gasteiger partial charge in [0.25, 0.3) is 0 Å². The summed E-state index contributed by atoms with van der Waals surface area (Å²) in [5.74, 6) is 2.75. The van der Waals surface area contributed by atoms with Crippen LogP contribution in [-0.2, 0) is 0 Å². The molecule has 0 fully saturated rings. The second-order valence-corrected chi connectivity index (χ2v) is 4.66. The van der Waals surface area contributed by atoms with Crippen molar-refractivity contribution in [2.75, 3.05) is 12.4 Å². The lowest BCUT2D eigenvalue weighted by Crippen LogP contribution is -2.09. The first-order valence-corrected chi connectivity index (χ1v) is 5.66. The normalized spacial score (nSPS) is 15.3. The Morgan fingerprint density at radius 1 is 1.38 bits per heavy atom. The number of hydrogen-bond acceptors (Lipinski definition) is 2. The summed E-state index contributed by atoms with van der Waals surface area (Å²) in [6, 6.07) is 6.43. The van der Waals surface area contributed by atoms with Crippen LogP contribution >= 0.6 is 11.8 Å². The number of ether oxygens (including phenoxy) is 1. The highest BCUT2D eigenvalue weighted by Crippen LogP contribution is 2.38. The van der Waals surface area contributed by atoms with Gasteiger partial charge in [-0.25, -0.2) is 0 Å². The molecule has 0 unspecified atom stereocenters. The Kier molecular flexibility index (Phi) is 2.49. The van der Waals surface area contributed by atoms with Crippen molar-refractivity contribution < 1.29 is 4.74 Å². The van der Waals surface area contributed by atoms with Crippen LogP contribution < -0.4 is 4.74 Å². The SMILES string of the molecule is CC(C)c1cccc2c1OCCS2. The van der Waals surface area contributed by atoms with Crippen LogP contribution in [0.1, 0.15) is 25.3 Å². The average Bonchev–Trinajstić information content (AvgIpc) is 2.17. The Hall–Kier alpha value is -0.630. The summed E-state index contributed by atoms with van der Waals surface area (Å²) >= 11 is 1.90. The molecular formula is C11H14OS. The predicted molar refractivity (Wildman–Crippen MR) is 56.8 cm³/mol. The summed E-state index contributed by atoms with van der Waals surface area (Å²) in [5, 5.41) is 0. The first-order chi connectivity index (χ1) is 6.29. The monoisotopic (exact) mass is 194 g/mol. The fourth-order valence-corrected chi connectivity index (χ4v) is 2.42. The van der Waals surface area contributed by atoms with Crippen molar-refractivity contribution in [2.24, 2.45) is 0 Å². The number of hydrogen-bond donors (Lipinski definition) is 0. The van der Waals surface area contributed by atoms with Crippen molar-refractivity contribution in [3.63, 3.8) is 0 Å². The van der Waals surface area contributed by atoms with Crippen molar-refractivity contribution in [1.29, 1.82) is 0 Å². The van der Waals surface area contributed by atoms with E-state index in [0.29, 0.717) is 5.92 Å². The lowest BCUT2D eigenvalue weighted by atomic mass is 10.0. The zero-order chi connectivity index (χ0) is 9.26. The summed E-state index contributed by atoms with van der Waals surface area (Å²) in [4.78, 5) is 1.30. The molecule has 0 aliphatic carbocycles. The Morgan fingerprint density at radius 2 is 2.23 bits per heavy atom. The van der Waals surface area contributed by atoms with Crippen LogP contribution in [0.25, 0.3) is 0 Å². The molecule has 0 aromatic heterocycles. The number of benzene rings is 1. The molecule has 0 amide bonds. The van der Waals surface area contributed by atoms with Gasteiger partial charge < -0.3 is 4.74 Å². The van der Waals surface area contributed by atoms with Crippen LogP contribution in [-0.4, -0.2) is 12.4 Å². The molecule has 2 rings (SSSR count). The molecular weight excluding hydrogens is 180 g/mol. The number of para-hydroxylation sites is 1. The molecule has 0 saturated heterocycles. The van der Waals surface area contributed by atoms with Crippen LogP contribution in [0.3, 0.4) is 0 Å². The molecule has 13 heavy (non-hydrogen) atoms.